The van der Waals surface area contributed by atoms with Crippen molar-refractivity contribution in [3.8, 4) is 0 Å². The number of nitrogens with one attached hydrogen (secondary N) is 2. The molecule has 0 spiro atoms. The van der Waals surface area contributed by atoms with E-state index in [1.165, 1.54) is 6.07 Å². The van der Waals surface area contributed by atoms with Crippen molar-refractivity contribution < 1.29 is 9.18 Å². The Morgan fingerprint density at radius 2 is 2.37 bits per heavy atom. The maximum atomic E-state index is 13.8. The van der Waals surface area contributed by atoms with Crippen LogP contribution in [0.5, 0.6) is 0 Å². The largest absolute Gasteiger partial charge is 0.358 e. The van der Waals surface area contributed by atoms with E-state index in [4.69, 9.17) is 0 Å². The predicted octanol–water partition coefficient (Wildman–Crippen LogP) is 0.654. The molecule has 1 fully saturated rings. The number of nitrogens with zero attached hydrogens (tertiary/aromatic N) is 1. The fraction of sp³-hybridized carbons (Fsp3) is 0.500. The summed E-state index contributed by atoms with van der Waals surface area (Å²) in [6.45, 7) is 4.57. The fourth-order valence-electron chi connectivity index (χ4n) is 2.40. The van der Waals surface area contributed by atoms with Gasteiger partial charge in [0.25, 0.3) is 0 Å². The van der Waals surface area contributed by atoms with Gasteiger partial charge in [0.15, 0.2) is 0 Å². The fourth-order valence-corrected chi connectivity index (χ4v) is 2.40. The van der Waals surface area contributed by atoms with Gasteiger partial charge in [-0.3, -0.25) is 9.69 Å². The third-order valence-corrected chi connectivity index (χ3v) is 3.48. The molecule has 1 heterocycles. The van der Waals surface area contributed by atoms with Crippen molar-refractivity contribution in [1.82, 2.24) is 15.5 Å². The summed E-state index contributed by atoms with van der Waals surface area (Å²) >= 11 is 0. The number of rotatable bonds is 3. The molecule has 0 aliphatic carbocycles. The molecule has 1 unspecified atom stereocenters. The molecule has 1 aliphatic heterocycles. The Labute approximate surface area is 113 Å². The molecule has 19 heavy (non-hydrogen) atoms. The molecule has 2 rings (SSSR count). The standard InChI is InChI=1S/C14H20FN3O/c1-10-3-4-12(15)11(7-10)9-18-6-5-17-8-13(18)14(19)16-2/h3-4,7,13,17H,5-6,8-9H2,1-2H3,(H,16,19). The quantitative estimate of drug-likeness (QED) is 0.843. The van der Waals surface area contributed by atoms with Crippen LogP contribution in [0, 0.1) is 12.7 Å². The number of carbonyl (C=O) groups excluding carboxylic acids is 1. The molecule has 4 nitrogen and oxygen atoms in total. The van der Waals surface area contributed by atoms with Crippen molar-refractivity contribution >= 4 is 5.91 Å². The van der Waals surface area contributed by atoms with Gasteiger partial charge in [-0.05, 0) is 13.0 Å². The Bertz CT molecular complexity index is 464. The Morgan fingerprint density at radius 1 is 1.58 bits per heavy atom. The molecule has 0 saturated carbocycles. The summed E-state index contributed by atoms with van der Waals surface area (Å²) in [4.78, 5) is 13.9. The van der Waals surface area contributed by atoms with Gasteiger partial charge < -0.3 is 10.6 Å². The third kappa shape index (κ3) is 3.30. The summed E-state index contributed by atoms with van der Waals surface area (Å²) < 4.78 is 13.8. The van der Waals surface area contributed by atoms with Crippen molar-refractivity contribution in [3.05, 3.63) is 35.1 Å². The molecule has 1 saturated heterocycles. The van der Waals surface area contributed by atoms with Crippen LogP contribution in [0.2, 0.25) is 0 Å². The first-order chi connectivity index (χ1) is 9.11. The molecule has 2 N–H and O–H groups in total. The number of carbonyl (C=O) groups is 1. The minimum atomic E-state index is -0.237. The summed E-state index contributed by atoms with van der Waals surface area (Å²) in [5, 5.41) is 5.86. The van der Waals surface area contributed by atoms with E-state index in [1.807, 2.05) is 17.9 Å². The van der Waals surface area contributed by atoms with E-state index in [-0.39, 0.29) is 17.8 Å². The lowest BCUT2D eigenvalue weighted by Crippen LogP contribution is -2.56. The van der Waals surface area contributed by atoms with Crippen LogP contribution in [0.1, 0.15) is 11.1 Å². The summed E-state index contributed by atoms with van der Waals surface area (Å²) in [7, 11) is 1.63. The van der Waals surface area contributed by atoms with Crippen LogP contribution in [-0.2, 0) is 11.3 Å². The van der Waals surface area contributed by atoms with Crippen LogP contribution < -0.4 is 10.6 Å². The van der Waals surface area contributed by atoms with Crippen LogP contribution in [0.4, 0.5) is 4.39 Å². The van der Waals surface area contributed by atoms with Crippen LogP contribution >= 0.6 is 0 Å². The minimum Gasteiger partial charge on any atom is -0.358 e. The zero-order chi connectivity index (χ0) is 13.8. The van der Waals surface area contributed by atoms with Gasteiger partial charge in [-0.15, -0.1) is 0 Å². The molecule has 104 valence electrons. The Balaban J connectivity index is 2.15. The van der Waals surface area contributed by atoms with Crippen LogP contribution in [-0.4, -0.2) is 43.5 Å². The van der Waals surface area contributed by atoms with Gasteiger partial charge in [-0.1, -0.05) is 17.7 Å². The number of likely N-dealkylation sites (N-methyl/N-ethyl adjacent to an activating group) is 1. The highest BCUT2D eigenvalue weighted by Crippen LogP contribution is 2.15. The normalized spacial score (nSPS) is 20.3. The van der Waals surface area contributed by atoms with E-state index in [0.29, 0.717) is 18.7 Å². The molecule has 1 aromatic carbocycles. The molecule has 0 bridgehead atoms. The van der Waals surface area contributed by atoms with Gasteiger partial charge in [-0.2, -0.15) is 0 Å². The number of hydrogen-bond acceptors (Lipinski definition) is 3. The second-order valence-corrected chi connectivity index (χ2v) is 4.90. The SMILES string of the molecule is CNC(=O)C1CNCCN1Cc1cc(C)ccc1F. The average Bonchev–Trinajstić information content (AvgIpc) is 2.42. The van der Waals surface area contributed by atoms with E-state index in [2.05, 4.69) is 10.6 Å². The summed E-state index contributed by atoms with van der Waals surface area (Å²) in [6.07, 6.45) is 0. The second kappa shape index (κ2) is 6.12. The van der Waals surface area contributed by atoms with Crippen LogP contribution in [0.25, 0.3) is 0 Å². The van der Waals surface area contributed by atoms with Crippen LogP contribution in [0.15, 0.2) is 18.2 Å². The first-order valence-corrected chi connectivity index (χ1v) is 6.53. The maximum Gasteiger partial charge on any atom is 0.238 e. The number of benzene rings is 1. The molecule has 1 amide bonds. The number of hydrogen-bond donors (Lipinski definition) is 2. The van der Waals surface area contributed by atoms with Crippen molar-refractivity contribution in [1.29, 1.82) is 0 Å². The lowest BCUT2D eigenvalue weighted by atomic mass is 10.1. The molecule has 5 heteroatoms. The van der Waals surface area contributed by atoms with Gasteiger partial charge in [0.2, 0.25) is 5.91 Å². The Hall–Kier alpha value is -1.46. The number of amides is 1. The third-order valence-electron chi connectivity index (χ3n) is 3.48. The molecular formula is C14H20FN3O. The van der Waals surface area contributed by atoms with Crippen LogP contribution in [0.3, 0.4) is 0 Å². The summed E-state index contributed by atoms with van der Waals surface area (Å²) in [6, 6.07) is 4.85. The van der Waals surface area contributed by atoms with Crippen molar-refractivity contribution in [2.45, 2.75) is 19.5 Å². The molecule has 0 radical (unpaired) electrons. The Morgan fingerprint density at radius 3 is 3.11 bits per heavy atom. The lowest BCUT2D eigenvalue weighted by molar-refractivity contribution is -0.126. The van der Waals surface area contributed by atoms with E-state index in [1.54, 1.807) is 13.1 Å². The van der Waals surface area contributed by atoms with Crippen molar-refractivity contribution in [3.63, 3.8) is 0 Å². The van der Waals surface area contributed by atoms with E-state index >= 15 is 0 Å². The molecular weight excluding hydrogens is 245 g/mol. The lowest BCUT2D eigenvalue weighted by Gasteiger charge is -2.35. The summed E-state index contributed by atoms with van der Waals surface area (Å²) in [5.41, 5.74) is 1.68. The highest BCUT2D eigenvalue weighted by molar-refractivity contribution is 5.81. The highest BCUT2D eigenvalue weighted by Gasteiger charge is 2.28. The molecule has 1 aromatic rings. The predicted molar refractivity (Wildman–Crippen MR) is 72.3 cm³/mol. The van der Waals surface area contributed by atoms with Crippen molar-refractivity contribution in [2.24, 2.45) is 0 Å². The van der Waals surface area contributed by atoms with Crippen molar-refractivity contribution in [2.75, 3.05) is 26.7 Å². The average molecular weight is 265 g/mol. The number of halogens is 1. The first-order valence-electron chi connectivity index (χ1n) is 6.53. The van der Waals surface area contributed by atoms with Gasteiger partial charge in [0.1, 0.15) is 11.9 Å². The summed E-state index contributed by atoms with van der Waals surface area (Å²) in [5.74, 6) is -0.236. The minimum absolute atomic E-state index is 0.0275. The smallest absolute Gasteiger partial charge is 0.238 e. The van der Waals surface area contributed by atoms with Gasteiger partial charge >= 0.3 is 0 Å². The van der Waals surface area contributed by atoms with Gasteiger partial charge in [0.05, 0.1) is 0 Å². The number of piperazine rings is 1. The first kappa shape index (κ1) is 14.0. The van der Waals surface area contributed by atoms with E-state index in [0.717, 1.165) is 18.7 Å². The monoisotopic (exact) mass is 265 g/mol. The zero-order valence-corrected chi connectivity index (χ0v) is 11.4. The number of aryl methyl sites for hydroxylation is 1. The maximum absolute atomic E-state index is 13.8. The van der Waals surface area contributed by atoms with E-state index < -0.39 is 0 Å². The van der Waals surface area contributed by atoms with E-state index in [9.17, 15) is 9.18 Å². The molecule has 0 aromatic heterocycles. The highest BCUT2D eigenvalue weighted by atomic mass is 19.1. The molecule has 1 atom stereocenters. The topological polar surface area (TPSA) is 44.4 Å². The zero-order valence-electron chi connectivity index (χ0n) is 11.4. The van der Waals surface area contributed by atoms with Gasteiger partial charge in [-0.25, -0.2) is 4.39 Å². The van der Waals surface area contributed by atoms with Gasteiger partial charge in [0, 0.05) is 38.8 Å². The molecule has 1 aliphatic rings. The Kier molecular flexibility index (Phi) is 4.50. The second-order valence-electron chi connectivity index (χ2n) is 4.90.